The molecule has 0 aromatic heterocycles. The van der Waals surface area contributed by atoms with Crippen molar-refractivity contribution in [1.82, 2.24) is 4.72 Å². The Morgan fingerprint density at radius 3 is 2.93 bits per heavy atom. The van der Waals surface area contributed by atoms with Gasteiger partial charge in [-0.2, -0.15) is 5.26 Å². The van der Waals surface area contributed by atoms with Crippen molar-refractivity contribution >= 4 is 17.9 Å². The largest absolute Gasteiger partial charge is 0.296 e. The van der Waals surface area contributed by atoms with Crippen LogP contribution in [0.3, 0.4) is 0 Å². The fraction of sp³-hybridized carbons (Fsp3) is 0.111. The van der Waals surface area contributed by atoms with E-state index in [0.717, 1.165) is 18.0 Å². The second kappa shape index (κ2) is 4.63. The first-order valence-electron chi connectivity index (χ1n) is 3.72. The molecule has 0 aliphatic carbocycles. The van der Waals surface area contributed by atoms with E-state index in [4.69, 9.17) is 5.26 Å². The van der Waals surface area contributed by atoms with E-state index in [1.807, 2.05) is 0 Å². The van der Waals surface area contributed by atoms with Crippen LogP contribution in [0.2, 0.25) is 0 Å². The van der Waals surface area contributed by atoms with Gasteiger partial charge in [0.05, 0.1) is 5.56 Å². The van der Waals surface area contributed by atoms with Gasteiger partial charge in [0.1, 0.15) is 11.9 Å². The number of carbonyl (C=O) groups excluding carboxylic acids is 1. The fourth-order valence-corrected chi connectivity index (χ4v) is 1.21. The van der Waals surface area contributed by atoms with Gasteiger partial charge in [-0.05, 0) is 18.2 Å². The highest BCUT2D eigenvalue weighted by Gasteiger charge is 2.08. The van der Waals surface area contributed by atoms with Crippen molar-refractivity contribution in [3.63, 3.8) is 0 Å². The molecule has 1 rings (SSSR count). The van der Waals surface area contributed by atoms with Crippen LogP contribution in [0.5, 0.6) is 0 Å². The third-order valence-electron chi connectivity index (χ3n) is 1.54. The van der Waals surface area contributed by atoms with Gasteiger partial charge in [0.2, 0.25) is 0 Å². The maximum Gasteiger partial charge on any atom is 0.261 e. The Balaban J connectivity index is 3.02. The highest BCUT2D eigenvalue weighted by atomic mass is 32.2. The van der Waals surface area contributed by atoms with Crippen molar-refractivity contribution in [1.29, 1.82) is 5.26 Å². The Hall–Kier alpha value is -1.54. The predicted octanol–water partition coefficient (Wildman–Crippen LogP) is 1.71. The molecule has 0 aliphatic heterocycles. The standard InChI is InChI=1S/C9H7FN2OS/c1-14-12-9(13)6-2-3-8(10)7(4-6)5-11/h2-4H,1H3,(H,12,13). The molecule has 0 atom stereocenters. The Labute approximate surface area is 85.1 Å². The minimum atomic E-state index is -0.617. The number of nitrogens with zero attached hydrogens (tertiary/aromatic N) is 1. The number of carbonyl (C=O) groups is 1. The first kappa shape index (κ1) is 10.5. The third-order valence-corrected chi connectivity index (χ3v) is 1.93. The molecule has 0 unspecified atom stereocenters. The Kier molecular flexibility index (Phi) is 3.48. The van der Waals surface area contributed by atoms with Crippen LogP contribution in [-0.4, -0.2) is 12.2 Å². The van der Waals surface area contributed by atoms with E-state index in [9.17, 15) is 9.18 Å². The second-order valence-electron chi connectivity index (χ2n) is 2.44. The SMILES string of the molecule is CSNC(=O)c1ccc(F)c(C#N)c1. The van der Waals surface area contributed by atoms with Gasteiger partial charge in [0, 0.05) is 11.8 Å². The highest BCUT2D eigenvalue weighted by Crippen LogP contribution is 2.09. The summed E-state index contributed by atoms with van der Waals surface area (Å²) in [6.45, 7) is 0. The maximum absolute atomic E-state index is 12.9. The van der Waals surface area contributed by atoms with Crippen LogP contribution in [0, 0.1) is 17.1 Å². The zero-order chi connectivity index (χ0) is 10.6. The molecule has 14 heavy (non-hydrogen) atoms. The van der Waals surface area contributed by atoms with Gasteiger partial charge in [-0.25, -0.2) is 4.39 Å². The van der Waals surface area contributed by atoms with Crippen molar-refractivity contribution in [2.24, 2.45) is 0 Å². The van der Waals surface area contributed by atoms with Crippen LogP contribution < -0.4 is 4.72 Å². The molecular weight excluding hydrogens is 203 g/mol. The summed E-state index contributed by atoms with van der Waals surface area (Å²) >= 11 is 1.15. The van der Waals surface area contributed by atoms with E-state index in [-0.39, 0.29) is 17.0 Å². The average Bonchev–Trinajstić information content (AvgIpc) is 2.19. The van der Waals surface area contributed by atoms with Crippen molar-refractivity contribution < 1.29 is 9.18 Å². The van der Waals surface area contributed by atoms with Gasteiger partial charge in [0.25, 0.3) is 5.91 Å². The average molecular weight is 210 g/mol. The highest BCUT2D eigenvalue weighted by molar-refractivity contribution is 7.97. The lowest BCUT2D eigenvalue weighted by Crippen LogP contribution is -2.15. The van der Waals surface area contributed by atoms with E-state index in [2.05, 4.69) is 4.72 Å². The first-order chi connectivity index (χ1) is 6.69. The van der Waals surface area contributed by atoms with Crippen molar-refractivity contribution in [3.8, 4) is 6.07 Å². The van der Waals surface area contributed by atoms with Crippen molar-refractivity contribution in [3.05, 3.63) is 35.1 Å². The number of nitriles is 1. The molecule has 1 aromatic carbocycles. The van der Waals surface area contributed by atoms with E-state index < -0.39 is 5.82 Å². The molecule has 0 radical (unpaired) electrons. The van der Waals surface area contributed by atoms with Crippen molar-refractivity contribution in [2.45, 2.75) is 0 Å². The molecule has 1 aromatic rings. The van der Waals surface area contributed by atoms with Crippen LogP contribution in [0.1, 0.15) is 15.9 Å². The summed E-state index contributed by atoms with van der Waals surface area (Å²) < 4.78 is 15.3. The predicted molar refractivity (Wildman–Crippen MR) is 52.1 cm³/mol. The Morgan fingerprint density at radius 2 is 2.36 bits per heavy atom. The summed E-state index contributed by atoms with van der Waals surface area (Å²) in [5, 5.41) is 8.53. The van der Waals surface area contributed by atoms with Crippen LogP contribution in [0.4, 0.5) is 4.39 Å². The molecule has 72 valence electrons. The number of halogens is 1. The van der Waals surface area contributed by atoms with Gasteiger partial charge in [-0.1, -0.05) is 11.9 Å². The lowest BCUT2D eigenvalue weighted by atomic mass is 10.1. The normalized spacial score (nSPS) is 9.21. The zero-order valence-corrected chi connectivity index (χ0v) is 8.19. The summed E-state index contributed by atoms with van der Waals surface area (Å²) in [5.41, 5.74) is 0.149. The van der Waals surface area contributed by atoms with E-state index in [1.165, 1.54) is 12.1 Å². The quantitative estimate of drug-likeness (QED) is 0.756. The molecule has 5 heteroatoms. The molecule has 0 bridgehead atoms. The molecular formula is C9H7FN2OS. The van der Waals surface area contributed by atoms with Gasteiger partial charge < -0.3 is 0 Å². The molecule has 0 fully saturated rings. The zero-order valence-electron chi connectivity index (χ0n) is 7.37. The fourth-order valence-electron chi connectivity index (χ4n) is 0.904. The summed E-state index contributed by atoms with van der Waals surface area (Å²) in [4.78, 5) is 11.3. The molecule has 1 N–H and O–H groups in total. The van der Waals surface area contributed by atoms with Gasteiger partial charge in [-0.15, -0.1) is 0 Å². The molecule has 3 nitrogen and oxygen atoms in total. The smallest absolute Gasteiger partial charge is 0.261 e. The Morgan fingerprint density at radius 1 is 1.64 bits per heavy atom. The van der Waals surface area contributed by atoms with E-state index in [1.54, 1.807) is 12.3 Å². The molecule has 0 saturated carbocycles. The lowest BCUT2D eigenvalue weighted by Gasteiger charge is -2.01. The van der Waals surface area contributed by atoms with Gasteiger partial charge in [0.15, 0.2) is 0 Å². The Bertz CT molecular complexity index is 400. The monoisotopic (exact) mass is 210 g/mol. The molecule has 0 heterocycles. The van der Waals surface area contributed by atoms with Crippen molar-refractivity contribution in [2.75, 3.05) is 6.26 Å². The minimum absolute atomic E-state index is 0.126. The number of hydrogen-bond acceptors (Lipinski definition) is 3. The topological polar surface area (TPSA) is 52.9 Å². The molecule has 0 saturated heterocycles. The van der Waals surface area contributed by atoms with Crippen LogP contribution >= 0.6 is 11.9 Å². The van der Waals surface area contributed by atoms with Gasteiger partial charge in [-0.3, -0.25) is 9.52 Å². The summed E-state index contributed by atoms with van der Waals surface area (Å²) in [5.74, 6) is -0.956. The first-order valence-corrected chi connectivity index (χ1v) is 4.94. The van der Waals surface area contributed by atoms with Crippen LogP contribution in [0.25, 0.3) is 0 Å². The van der Waals surface area contributed by atoms with Crippen LogP contribution in [0.15, 0.2) is 18.2 Å². The number of amides is 1. The number of nitrogens with one attached hydrogen (secondary N) is 1. The molecule has 1 amide bonds. The minimum Gasteiger partial charge on any atom is -0.296 e. The maximum atomic E-state index is 12.9. The van der Waals surface area contributed by atoms with E-state index in [0.29, 0.717) is 0 Å². The van der Waals surface area contributed by atoms with Crippen LogP contribution in [-0.2, 0) is 0 Å². The van der Waals surface area contributed by atoms with E-state index >= 15 is 0 Å². The summed E-state index contributed by atoms with van der Waals surface area (Å²) in [7, 11) is 0. The molecule has 0 aliphatic rings. The third kappa shape index (κ3) is 2.24. The van der Waals surface area contributed by atoms with Gasteiger partial charge >= 0.3 is 0 Å². The lowest BCUT2D eigenvalue weighted by molar-refractivity contribution is 0.0984. The number of benzene rings is 1. The summed E-state index contributed by atoms with van der Waals surface area (Å²) in [6.07, 6.45) is 1.70. The second-order valence-corrected chi connectivity index (χ2v) is 3.05. The number of hydrogen-bond donors (Lipinski definition) is 1. The summed E-state index contributed by atoms with van der Waals surface area (Å²) in [6, 6.07) is 5.33. The number of rotatable bonds is 2. The molecule has 0 spiro atoms.